The minimum Gasteiger partial charge on any atom is -0.323 e. The van der Waals surface area contributed by atoms with E-state index >= 15 is 0 Å². The Morgan fingerprint density at radius 2 is 2.00 bits per heavy atom. The van der Waals surface area contributed by atoms with E-state index in [4.69, 9.17) is 23.2 Å². The number of hydrogen-bond donors (Lipinski definition) is 1. The molecule has 31 heavy (non-hydrogen) atoms. The summed E-state index contributed by atoms with van der Waals surface area (Å²) in [5, 5.41) is 9.48. The van der Waals surface area contributed by atoms with Crippen LogP contribution in [0.1, 0.15) is 20.9 Å². The first-order valence-electron chi connectivity index (χ1n) is 9.52. The van der Waals surface area contributed by atoms with Gasteiger partial charge >= 0.3 is 0 Å². The average Bonchev–Trinajstić information content (AvgIpc) is 3.30. The monoisotopic (exact) mass is 470 g/mol. The van der Waals surface area contributed by atoms with Crippen LogP contribution in [0.25, 0.3) is 10.2 Å². The van der Waals surface area contributed by atoms with E-state index in [1.54, 1.807) is 18.2 Å². The molecule has 0 fully saturated rings. The highest BCUT2D eigenvalue weighted by molar-refractivity contribution is 7.20. The van der Waals surface area contributed by atoms with Gasteiger partial charge in [-0.25, -0.2) is 0 Å². The molecule has 2 amide bonds. The van der Waals surface area contributed by atoms with Gasteiger partial charge in [-0.1, -0.05) is 41.4 Å². The zero-order valence-corrected chi connectivity index (χ0v) is 18.7. The van der Waals surface area contributed by atoms with Gasteiger partial charge < -0.3 is 5.32 Å². The highest BCUT2D eigenvalue weighted by atomic mass is 35.5. The molecule has 156 valence electrons. The molecule has 1 aliphatic rings. The summed E-state index contributed by atoms with van der Waals surface area (Å²) in [4.78, 5) is 28.4. The fourth-order valence-electron chi connectivity index (χ4n) is 3.68. The maximum absolute atomic E-state index is 13.3. The van der Waals surface area contributed by atoms with Crippen LogP contribution in [-0.2, 0) is 11.3 Å². The Balaban J connectivity index is 1.52. The highest BCUT2D eigenvalue weighted by Crippen LogP contribution is 2.34. The number of nitrogens with zero attached hydrogens (tertiary/aromatic N) is 3. The van der Waals surface area contributed by atoms with Crippen molar-refractivity contribution in [2.24, 2.45) is 0 Å². The number of aryl methyl sites for hydroxylation is 1. The van der Waals surface area contributed by atoms with Gasteiger partial charge in [0, 0.05) is 15.4 Å². The molecular formula is C22H16Cl2N4O2S. The normalized spacial score (nSPS) is 13.4. The lowest BCUT2D eigenvalue weighted by Gasteiger charge is -2.28. The van der Waals surface area contributed by atoms with Gasteiger partial charge in [-0.2, -0.15) is 5.10 Å². The van der Waals surface area contributed by atoms with Crippen molar-refractivity contribution in [1.29, 1.82) is 0 Å². The van der Waals surface area contributed by atoms with E-state index in [2.05, 4.69) is 10.4 Å². The molecule has 6 nitrogen and oxygen atoms in total. The summed E-state index contributed by atoms with van der Waals surface area (Å²) >= 11 is 13.7. The lowest BCUT2D eigenvalue weighted by Crippen LogP contribution is -2.41. The first-order valence-corrected chi connectivity index (χ1v) is 11.1. The smallest absolute Gasteiger partial charge is 0.268 e. The molecule has 0 spiro atoms. The second-order valence-electron chi connectivity index (χ2n) is 7.26. The van der Waals surface area contributed by atoms with Gasteiger partial charge in [0.1, 0.15) is 11.4 Å². The zero-order valence-electron chi connectivity index (χ0n) is 16.4. The summed E-state index contributed by atoms with van der Waals surface area (Å²) in [5.74, 6) is -0.424. The first kappa shape index (κ1) is 20.1. The van der Waals surface area contributed by atoms with Gasteiger partial charge in [0.05, 0.1) is 28.5 Å². The summed E-state index contributed by atoms with van der Waals surface area (Å²) < 4.78 is 1.85. The third kappa shape index (κ3) is 3.59. The van der Waals surface area contributed by atoms with Crippen molar-refractivity contribution >= 4 is 67.9 Å². The number of thiophene rings is 1. The van der Waals surface area contributed by atoms with E-state index in [-0.39, 0.29) is 18.4 Å². The predicted molar refractivity (Wildman–Crippen MR) is 125 cm³/mol. The van der Waals surface area contributed by atoms with Crippen LogP contribution in [0.4, 0.5) is 11.4 Å². The highest BCUT2D eigenvalue weighted by Gasteiger charge is 2.29. The van der Waals surface area contributed by atoms with E-state index in [1.165, 1.54) is 16.2 Å². The number of fused-ring (bicyclic) bond motifs is 2. The van der Waals surface area contributed by atoms with Crippen molar-refractivity contribution in [1.82, 2.24) is 9.78 Å². The number of amides is 2. The van der Waals surface area contributed by atoms with Crippen molar-refractivity contribution in [3.63, 3.8) is 0 Å². The van der Waals surface area contributed by atoms with Crippen LogP contribution in [0.5, 0.6) is 0 Å². The molecule has 9 heteroatoms. The van der Waals surface area contributed by atoms with E-state index < -0.39 is 0 Å². The molecule has 5 rings (SSSR count). The lowest BCUT2D eigenvalue weighted by atomic mass is 10.2. The van der Waals surface area contributed by atoms with Crippen LogP contribution in [0, 0.1) is 6.92 Å². The minimum absolute atomic E-state index is 0.0183. The minimum atomic E-state index is -0.215. The van der Waals surface area contributed by atoms with Crippen molar-refractivity contribution in [3.05, 3.63) is 74.7 Å². The summed E-state index contributed by atoms with van der Waals surface area (Å²) in [5.41, 5.74) is 3.04. The third-order valence-corrected chi connectivity index (χ3v) is 6.89. The van der Waals surface area contributed by atoms with Gasteiger partial charge in [0.2, 0.25) is 5.91 Å². The molecule has 2 aromatic carbocycles. The molecule has 0 saturated heterocycles. The van der Waals surface area contributed by atoms with Gasteiger partial charge in [-0.15, -0.1) is 11.3 Å². The SMILES string of the molecule is Cc1nn(Cc2ccc(Cl)cc2Cl)c2sc(C(=O)N3CC(=O)Nc4ccccc43)cc12. The van der Waals surface area contributed by atoms with Crippen LogP contribution < -0.4 is 10.2 Å². The van der Waals surface area contributed by atoms with Crippen LogP contribution in [0.3, 0.4) is 0 Å². The number of nitrogens with one attached hydrogen (secondary N) is 1. The van der Waals surface area contributed by atoms with Gasteiger partial charge in [0.15, 0.2) is 0 Å². The summed E-state index contributed by atoms with van der Waals surface area (Å²) in [6.45, 7) is 2.35. The fourth-order valence-corrected chi connectivity index (χ4v) is 5.26. The Morgan fingerprint density at radius 3 is 2.81 bits per heavy atom. The topological polar surface area (TPSA) is 67.2 Å². The molecule has 1 aliphatic heterocycles. The van der Waals surface area contributed by atoms with E-state index in [0.29, 0.717) is 32.8 Å². The van der Waals surface area contributed by atoms with Crippen molar-refractivity contribution in [3.8, 4) is 0 Å². The van der Waals surface area contributed by atoms with Gasteiger partial charge in [-0.05, 0) is 42.8 Å². The van der Waals surface area contributed by atoms with Crippen molar-refractivity contribution < 1.29 is 9.59 Å². The Hall–Kier alpha value is -2.87. The number of rotatable bonds is 3. The summed E-state index contributed by atoms with van der Waals surface area (Å²) in [6.07, 6.45) is 0. The van der Waals surface area contributed by atoms with E-state index in [0.717, 1.165) is 21.5 Å². The number of para-hydroxylation sites is 2. The number of carbonyl (C=O) groups excluding carboxylic acids is 2. The summed E-state index contributed by atoms with van der Waals surface area (Å²) in [7, 11) is 0. The Morgan fingerprint density at radius 1 is 1.19 bits per heavy atom. The number of carbonyl (C=O) groups is 2. The van der Waals surface area contributed by atoms with Crippen molar-refractivity contribution in [2.45, 2.75) is 13.5 Å². The van der Waals surface area contributed by atoms with E-state index in [9.17, 15) is 9.59 Å². The second-order valence-corrected chi connectivity index (χ2v) is 9.14. The van der Waals surface area contributed by atoms with E-state index in [1.807, 2.05) is 41.9 Å². The fraction of sp³-hybridized carbons (Fsp3) is 0.136. The number of halogens is 2. The maximum Gasteiger partial charge on any atom is 0.268 e. The van der Waals surface area contributed by atoms with Crippen molar-refractivity contribution in [2.75, 3.05) is 16.8 Å². The zero-order chi connectivity index (χ0) is 21.7. The Labute approximate surface area is 192 Å². The van der Waals surface area contributed by atoms with Gasteiger partial charge in [-0.3, -0.25) is 19.2 Å². The third-order valence-electron chi connectivity index (χ3n) is 5.17. The summed E-state index contributed by atoms with van der Waals surface area (Å²) in [6, 6.07) is 14.5. The van der Waals surface area contributed by atoms with Crippen LogP contribution in [0.15, 0.2) is 48.5 Å². The molecule has 1 N–H and O–H groups in total. The standard InChI is InChI=1S/C22H16Cl2N4O2S/c1-12-15-9-19(21(30)27-11-20(29)25-17-4-2-3-5-18(17)27)31-22(15)28(26-12)10-13-6-7-14(23)8-16(13)24/h2-9H,10-11H2,1H3,(H,25,29). The molecule has 0 radical (unpaired) electrons. The maximum atomic E-state index is 13.3. The molecule has 3 heterocycles. The quantitative estimate of drug-likeness (QED) is 0.438. The van der Waals surface area contributed by atoms with Gasteiger partial charge in [0.25, 0.3) is 5.91 Å². The van der Waals surface area contributed by atoms with Crippen LogP contribution in [-0.4, -0.2) is 28.1 Å². The number of hydrogen-bond acceptors (Lipinski definition) is 4. The van der Waals surface area contributed by atoms with Crippen LogP contribution in [0.2, 0.25) is 10.0 Å². The molecular weight excluding hydrogens is 455 g/mol. The molecule has 2 aromatic heterocycles. The number of aromatic nitrogens is 2. The first-order chi connectivity index (χ1) is 14.9. The molecule has 0 saturated carbocycles. The lowest BCUT2D eigenvalue weighted by molar-refractivity contribution is -0.115. The largest absolute Gasteiger partial charge is 0.323 e. The molecule has 0 unspecified atom stereocenters. The second kappa shape index (κ2) is 7.67. The number of benzene rings is 2. The molecule has 0 bridgehead atoms. The molecule has 4 aromatic rings. The Bertz CT molecular complexity index is 1360. The number of anilines is 2. The molecule has 0 atom stereocenters. The predicted octanol–water partition coefficient (Wildman–Crippen LogP) is 5.36. The van der Waals surface area contributed by atoms with Crippen LogP contribution >= 0.6 is 34.5 Å². The Kier molecular flexibility index (Phi) is 4.97. The molecule has 0 aliphatic carbocycles. The average molecular weight is 471 g/mol.